The summed E-state index contributed by atoms with van der Waals surface area (Å²) in [6, 6.07) is 5.70. The number of ether oxygens (including phenoxy) is 2. The van der Waals surface area contributed by atoms with Crippen molar-refractivity contribution in [1.82, 2.24) is 4.90 Å². The molecule has 0 aromatic heterocycles. The number of allylic oxidation sites excluding steroid dienone is 2. The lowest BCUT2D eigenvalue weighted by molar-refractivity contribution is -0.126. The molecule has 4 nitrogen and oxygen atoms in total. The van der Waals surface area contributed by atoms with Gasteiger partial charge in [-0.3, -0.25) is 4.79 Å². The summed E-state index contributed by atoms with van der Waals surface area (Å²) in [5.74, 6) is 1.47. The third-order valence-electron chi connectivity index (χ3n) is 3.73. The molecule has 0 aliphatic carbocycles. The molecule has 1 aromatic rings. The molecular weight excluding hydrogens is 278 g/mol. The fourth-order valence-corrected chi connectivity index (χ4v) is 2.56. The number of carbonyl (C=O) groups excluding carboxylic acids is 1. The zero-order valence-corrected chi connectivity index (χ0v) is 13.2. The van der Waals surface area contributed by atoms with E-state index in [2.05, 4.69) is 0 Å². The SMILES string of the molecule is COc1cccc(/C=C/C=C/C(=O)N2CCCCC2)c1OC. The highest BCUT2D eigenvalue weighted by molar-refractivity contribution is 5.88. The number of carbonyl (C=O) groups is 1. The third kappa shape index (κ3) is 4.13. The summed E-state index contributed by atoms with van der Waals surface area (Å²) < 4.78 is 10.6. The smallest absolute Gasteiger partial charge is 0.246 e. The highest BCUT2D eigenvalue weighted by atomic mass is 16.5. The van der Waals surface area contributed by atoms with E-state index in [1.54, 1.807) is 26.4 Å². The molecule has 118 valence electrons. The minimum atomic E-state index is 0.0851. The topological polar surface area (TPSA) is 38.8 Å². The van der Waals surface area contributed by atoms with Gasteiger partial charge in [0.05, 0.1) is 14.2 Å². The third-order valence-corrected chi connectivity index (χ3v) is 3.73. The van der Waals surface area contributed by atoms with Crippen LogP contribution < -0.4 is 9.47 Å². The second-order valence-electron chi connectivity index (χ2n) is 5.19. The number of nitrogens with zero attached hydrogens (tertiary/aromatic N) is 1. The first-order valence-corrected chi connectivity index (χ1v) is 7.61. The van der Waals surface area contributed by atoms with Crippen molar-refractivity contribution in [2.75, 3.05) is 27.3 Å². The number of amides is 1. The predicted molar refractivity (Wildman–Crippen MR) is 88.2 cm³/mol. The molecule has 1 heterocycles. The Labute approximate surface area is 132 Å². The van der Waals surface area contributed by atoms with Gasteiger partial charge in [0.1, 0.15) is 0 Å². The van der Waals surface area contributed by atoms with Gasteiger partial charge in [-0.25, -0.2) is 0 Å². The molecule has 0 saturated carbocycles. The van der Waals surface area contributed by atoms with Crippen molar-refractivity contribution in [2.45, 2.75) is 19.3 Å². The summed E-state index contributed by atoms with van der Waals surface area (Å²) in [5, 5.41) is 0. The van der Waals surface area contributed by atoms with Gasteiger partial charge >= 0.3 is 0 Å². The van der Waals surface area contributed by atoms with E-state index in [9.17, 15) is 4.79 Å². The second-order valence-corrected chi connectivity index (χ2v) is 5.19. The van der Waals surface area contributed by atoms with Crippen LogP contribution in [0.1, 0.15) is 24.8 Å². The Bertz CT molecular complexity index is 557. The maximum atomic E-state index is 12.0. The fraction of sp³-hybridized carbons (Fsp3) is 0.389. The summed E-state index contributed by atoms with van der Waals surface area (Å²) in [4.78, 5) is 13.9. The summed E-state index contributed by atoms with van der Waals surface area (Å²) >= 11 is 0. The molecule has 4 heteroatoms. The largest absolute Gasteiger partial charge is 0.493 e. The lowest BCUT2D eigenvalue weighted by Gasteiger charge is -2.25. The monoisotopic (exact) mass is 301 g/mol. The van der Waals surface area contributed by atoms with Crippen molar-refractivity contribution in [1.29, 1.82) is 0 Å². The molecule has 0 radical (unpaired) electrons. The van der Waals surface area contributed by atoms with Crippen molar-refractivity contribution in [3.8, 4) is 11.5 Å². The molecule has 0 N–H and O–H groups in total. The number of methoxy groups -OCH3 is 2. The van der Waals surface area contributed by atoms with Crippen LogP contribution in [-0.4, -0.2) is 38.1 Å². The van der Waals surface area contributed by atoms with Gasteiger partial charge in [0.25, 0.3) is 0 Å². The molecule has 1 aliphatic rings. The van der Waals surface area contributed by atoms with E-state index in [4.69, 9.17) is 9.47 Å². The molecule has 1 aliphatic heterocycles. The van der Waals surface area contributed by atoms with E-state index < -0.39 is 0 Å². The Balaban J connectivity index is 2.00. The van der Waals surface area contributed by atoms with Gasteiger partial charge in [0, 0.05) is 24.7 Å². The molecule has 0 atom stereocenters. The zero-order valence-electron chi connectivity index (χ0n) is 13.2. The average Bonchev–Trinajstić information content (AvgIpc) is 2.58. The molecule has 1 aromatic carbocycles. The van der Waals surface area contributed by atoms with Gasteiger partial charge in [0.2, 0.25) is 5.91 Å². The molecule has 0 spiro atoms. The van der Waals surface area contributed by atoms with Gasteiger partial charge in [-0.15, -0.1) is 0 Å². The highest BCUT2D eigenvalue weighted by Crippen LogP contribution is 2.31. The van der Waals surface area contributed by atoms with Gasteiger partial charge in [-0.1, -0.05) is 30.4 Å². The predicted octanol–water partition coefficient (Wildman–Crippen LogP) is 3.29. The van der Waals surface area contributed by atoms with E-state index in [-0.39, 0.29) is 5.91 Å². The van der Waals surface area contributed by atoms with E-state index in [1.165, 1.54) is 6.42 Å². The van der Waals surface area contributed by atoms with Crippen LogP contribution in [0.3, 0.4) is 0 Å². The highest BCUT2D eigenvalue weighted by Gasteiger charge is 2.13. The molecule has 2 rings (SSSR count). The maximum Gasteiger partial charge on any atom is 0.246 e. The first-order chi connectivity index (χ1) is 10.8. The van der Waals surface area contributed by atoms with E-state index in [0.717, 1.165) is 31.5 Å². The standard InChI is InChI=1S/C18H23NO3/c1-21-16-11-8-10-15(18(16)22-2)9-4-5-12-17(20)19-13-6-3-7-14-19/h4-5,8-12H,3,6-7,13-14H2,1-2H3/b9-4+,12-5+. The molecule has 22 heavy (non-hydrogen) atoms. The summed E-state index contributed by atoms with van der Waals surface area (Å²) in [6.45, 7) is 1.74. The normalized spacial score (nSPS) is 15.5. The van der Waals surface area contributed by atoms with Crippen molar-refractivity contribution in [3.63, 3.8) is 0 Å². The van der Waals surface area contributed by atoms with Crippen molar-refractivity contribution in [3.05, 3.63) is 42.0 Å². The first-order valence-electron chi connectivity index (χ1n) is 7.61. The molecule has 1 saturated heterocycles. The number of piperidine rings is 1. The van der Waals surface area contributed by atoms with Crippen LogP contribution in [0.2, 0.25) is 0 Å². The van der Waals surface area contributed by atoms with Gasteiger partial charge in [-0.2, -0.15) is 0 Å². The van der Waals surface area contributed by atoms with E-state index in [0.29, 0.717) is 11.5 Å². The van der Waals surface area contributed by atoms with Crippen LogP contribution in [0.5, 0.6) is 11.5 Å². The summed E-state index contributed by atoms with van der Waals surface area (Å²) in [5.41, 5.74) is 0.914. The van der Waals surface area contributed by atoms with Crippen LogP contribution in [0.4, 0.5) is 0 Å². The average molecular weight is 301 g/mol. The summed E-state index contributed by atoms with van der Waals surface area (Å²) in [7, 11) is 3.23. The Kier molecular flexibility index (Phi) is 6.07. The van der Waals surface area contributed by atoms with Crippen LogP contribution in [0, 0.1) is 0 Å². The molecule has 1 fully saturated rings. The van der Waals surface area contributed by atoms with Crippen molar-refractivity contribution in [2.24, 2.45) is 0 Å². The molecular formula is C18H23NO3. The number of benzene rings is 1. The molecule has 0 unspecified atom stereocenters. The number of hydrogen-bond acceptors (Lipinski definition) is 3. The van der Waals surface area contributed by atoms with Gasteiger partial charge in [-0.05, 0) is 25.3 Å². The Morgan fingerprint density at radius 1 is 1.09 bits per heavy atom. The van der Waals surface area contributed by atoms with Crippen LogP contribution in [0.25, 0.3) is 6.08 Å². The number of para-hydroxylation sites is 1. The Morgan fingerprint density at radius 2 is 1.86 bits per heavy atom. The number of hydrogen-bond donors (Lipinski definition) is 0. The van der Waals surface area contributed by atoms with Crippen molar-refractivity contribution < 1.29 is 14.3 Å². The maximum absolute atomic E-state index is 12.0. The van der Waals surface area contributed by atoms with E-state index in [1.807, 2.05) is 35.3 Å². The van der Waals surface area contributed by atoms with Crippen molar-refractivity contribution >= 4 is 12.0 Å². The Hall–Kier alpha value is -2.23. The fourth-order valence-electron chi connectivity index (χ4n) is 2.56. The minimum Gasteiger partial charge on any atom is -0.493 e. The van der Waals surface area contributed by atoms with Crippen LogP contribution in [0.15, 0.2) is 36.4 Å². The lowest BCUT2D eigenvalue weighted by atomic mass is 10.1. The molecule has 1 amide bonds. The second kappa shape index (κ2) is 8.27. The van der Waals surface area contributed by atoms with Gasteiger partial charge in [0.15, 0.2) is 11.5 Å². The quantitative estimate of drug-likeness (QED) is 0.619. The van der Waals surface area contributed by atoms with Crippen LogP contribution in [-0.2, 0) is 4.79 Å². The first kappa shape index (κ1) is 16.1. The van der Waals surface area contributed by atoms with E-state index >= 15 is 0 Å². The Morgan fingerprint density at radius 3 is 2.55 bits per heavy atom. The van der Waals surface area contributed by atoms with Gasteiger partial charge < -0.3 is 14.4 Å². The lowest BCUT2D eigenvalue weighted by Crippen LogP contribution is -2.34. The number of likely N-dealkylation sites (tertiary alicyclic amines) is 1. The minimum absolute atomic E-state index is 0.0851. The zero-order chi connectivity index (χ0) is 15.8. The van der Waals surface area contributed by atoms with Crippen LogP contribution >= 0.6 is 0 Å². The number of rotatable bonds is 5. The summed E-state index contributed by atoms with van der Waals surface area (Å²) in [6.07, 6.45) is 10.6. The molecule has 0 bridgehead atoms.